The summed E-state index contributed by atoms with van der Waals surface area (Å²) in [5.74, 6) is 0.118. The van der Waals surface area contributed by atoms with Gasteiger partial charge in [-0.15, -0.1) is 0 Å². The summed E-state index contributed by atoms with van der Waals surface area (Å²) in [6, 6.07) is 6.90. The molecule has 4 nitrogen and oxygen atoms in total. The Morgan fingerprint density at radius 1 is 1.47 bits per heavy atom. The fraction of sp³-hybridized carbons (Fsp3) is 0.429. The van der Waals surface area contributed by atoms with Crippen molar-refractivity contribution in [3.05, 3.63) is 29.3 Å². The number of urea groups is 1. The number of hydrogen-bond donors (Lipinski definition) is 1. The number of ketones is 1. The number of likely N-dealkylation sites (tertiary alicyclic amines) is 1. The smallest absolute Gasteiger partial charge is 0.321 e. The molecule has 1 atom stereocenters. The van der Waals surface area contributed by atoms with Crippen LogP contribution in [0.3, 0.4) is 0 Å². The second-order valence-corrected chi connectivity index (χ2v) is 5.27. The van der Waals surface area contributed by atoms with Gasteiger partial charge in [0.1, 0.15) is 5.78 Å². The third-order valence-corrected chi connectivity index (χ3v) is 3.47. The molecule has 1 heterocycles. The molecule has 1 aliphatic heterocycles. The number of carbonyl (C=O) groups excluding carboxylic acids is 2. The van der Waals surface area contributed by atoms with Crippen LogP contribution in [-0.2, 0) is 4.79 Å². The van der Waals surface area contributed by atoms with Gasteiger partial charge in [-0.05, 0) is 38.0 Å². The number of hydrogen-bond acceptors (Lipinski definition) is 2. The molecule has 0 aromatic heterocycles. The summed E-state index contributed by atoms with van der Waals surface area (Å²) in [7, 11) is 0. The number of Topliss-reactive ketones (excluding diaryl/α,β-unsaturated/α-hetero) is 1. The Labute approximate surface area is 117 Å². The molecule has 5 heteroatoms. The molecular weight excluding hydrogens is 264 g/mol. The Balaban J connectivity index is 2.01. The lowest BCUT2D eigenvalue weighted by Crippen LogP contribution is -2.39. The van der Waals surface area contributed by atoms with Gasteiger partial charge in [-0.2, -0.15) is 0 Å². The highest BCUT2D eigenvalue weighted by molar-refractivity contribution is 6.30. The Morgan fingerprint density at radius 2 is 2.26 bits per heavy atom. The lowest BCUT2D eigenvalue weighted by Gasteiger charge is -2.24. The zero-order valence-corrected chi connectivity index (χ0v) is 11.6. The van der Waals surface area contributed by atoms with Crippen molar-refractivity contribution in [3.63, 3.8) is 0 Å². The first-order chi connectivity index (χ1) is 9.06. The number of rotatable bonds is 3. The zero-order chi connectivity index (χ0) is 13.8. The summed E-state index contributed by atoms with van der Waals surface area (Å²) in [6.07, 6.45) is 2.27. The predicted octanol–water partition coefficient (Wildman–Crippen LogP) is 3.32. The SMILES string of the molecule is CC(=O)CC1CCCN1C(=O)Nc1cccc(Cl)c1. The van der Waals surface area contributed by atoms with Crippen LogP contribution < -0.4 is 5.32 Å². The molecule has 0 radical (unpaired) electrons. The summed E-state index contributed by atoms with van der Waals surface area (Å²) < 4.78 is 0. The van der Waals surface area contributed by atoms with Crippen LogP contribution in [0.15, 0.2) is 24.3 Å². The van der Waals surface area contributed by atoms with Crippen molar-refractivity contribution in [1.82, 2.24) is 4.90 Å². The largest absolute Gasteiger partial charge is 0.322 e. The van der Waals surface area contributed by atoms with Gasteiger partial charge in [0.25, 0.3) is 0 Å². The number of carbonyl (C=O) groups is 2. The molecule has 1 aliphatic rings. The van der Waals surface area contributed by atoms with Crippen LogP contribution in [0.1, 0.15) is 26.2 Å². The first-order valence-corrected chi connectivity index (χ1v) is 6.76. The maximum absolute atomic E-state index is 12.2. The number of nitrogens with one attached hydrogen (secondary N) is 1. The van der Waals surface area contributed by atoms with Crippen LogP contribution in [0, 0.1) is 0 Å². The highest BCUT2D eigenvalue weighted by Gasteiger charge is 2.29. The van der Waals surface area contributed by atoms with Crippen LogP contribution in [0.2, 0.25) is 5.02 Å². The summed E-state index contributed by atoms with van der Waals surface area (Å²) in [4.78, 5) is 25.1. The van der Waals surface area contributed by atoms with Gasteiger partial charge in [0.05, 0.1) is 0 Å². The third kappa shape index (κ3) is 3.70. The van der Waals surface area contributed by atoms with Crippen molar-refractivity contribution in [2.24, 2.45) is 0 Å². The second-order valence-electron chi connectivity index (χ2n) is 4.84. The van der Waals surface area contributed by atoms with Gasteiger partial charge in [0.2, 0.25) is 0 Å². The van der Waals surface area contributed by atoms with E-state index < -0.39 is 0 Å². The Kier molecular flexibility index (Phi) is 4.43. The topological polar surface area (TPSA) is 49.4 Å². The molecule has 1 aromatic carbocycles. The van der Waals surface area contributed by atoms with Gasteiger partial charge in [-0.3, -0.25) is 4.79 Å². The van der Waals surface area contributed by atoms with E-state index in [2.05, 4.69) is 5.32 Å². The number of benzene rings is 1. The molecule has 102 valence electrons. The van der Waals surface area contributed by atoms with E-state index in [1.54, 1.807) is 36.1 Å². The molecule has 0 spiro atoms. The summed E-state index contributed by atoms with van der Waals surface area (Å²) in [5.41, 5.74) is 0.672. The van der Waals surface area contributed by atoms with E-state index in [1.165, 1.54) is 0 Å². The molecule has 0 bridgehead atoms. The first kappa shape index (κ1) is 13.9. The number of nitrogens with zero attached hydrogens (tertiary/aromatic N) is 1. The molecule has 1 unspecified atom stereocenters. The van der Waals surface area contributed by atoms with Gasteiger partial charge in [0.15, 0.2) is 0 Å². The quantitative estimate of drug-likeness (QED) is 0.923. The van der Waals surface area contributed by atoms with Gasteiger partial charge < -0.3 is 10.2 Å². The number of anilines is 1. The normalized spacial score (nSPS) is 18.4. The van der Waals surface area contributed by atoms with Crippen molar-refractivity contribution in [2.45, 2.75) is 32.2 Å². The van der Waals surface area contributed by atoms with Crippen molar-refractivity contribution in [1.29, 1.82) is 0 Å². The second kappa shape index (κ2) is 6.06. The summed E-state index contributed by atoms with van der Waals surface area (Å²) >= 11 is 5.88. The minimum Gasteiger partial charge on any atom is -0.321 e. The van der Waals surface area contributed by atoms with Crippen molar-refractivity contribution >= 4 is 29.1 Å². The van der Waals surface area contributed by atoms with Crippen LogP contribution in [0.4, 0.5) is 10.5 Å². The first-order valence-electron chi connectivity index (χ1n) is 6.39. The predicted molar refractivity (Wildman–Crippen MR) is 75.5 cm³/mol. The molecule has 1 fully saturated rings. The Hall–Kier alpha value is -1.55. The average Bonchev–Trinajstić information content (AvgIpc) is 2.76. The minimum atomic E-state index is -0.161. The maximum atomic E-state index is 12.2. The molecule has 0 saturated carbocycles. The highest BCUT2D eigenvalue weighted by atomic mass is 35.5. The van der Waals surface area contributed by atoms with E-state index >= 15 is 0 Å². The van der Waals surface area contributed by atoms with E-state index in [-0.39, 0.29) is 17.9 Å². The fourth-order valence-electron chi connectivity index (χ4n) is 2.41. The van der Waals surface area contributed by atoms with Crippen LogP contribution >= 0.6 is 11.6 Å². The molecule has 2 amide bonds. The molecule has 1 N–H and O–H groups in total. The van der Waals surface area contributed by atoms with Gasteiger partial charge in [-0.25, -0.2) is 4.79 Å². The highest BCUT2D eigenvalue weighted by Crippen LogP contribution is 2.22. The van der Waals surface area contributed by atoms with E-state index in [1.807, 2.05) is 0 Å². The Morgan fingerprint density at radius 3 is 2.95 bits per heavy atom. The lowest BCUT2D eigenvalue weighted by atomic mass is 10.1. The van der Waals surface area contributed by atoms with Gasteiger partial charge >= 0.3 is 6.03 Å². The van der Waals surface area contributed by atoms with Crippen molar-refractivity contribution < 1.29 is 9.59 Å². The van der Waals surface area contributed by atoms with Crippen LogP contribution in [0.25, 0.3) is 0 Å². The lowest BCUT2D eigenvalue weighted by molar-refractivity contribution is -0.117. The standard InChI is InChI=1S/C14H17ClN2O2/c1-10(18)8-13-6-3-7-17(13)14(19)16-12-5-2-4-11(15)9-12/h2,4-5,9,13H,3,6-8H2,1H3,(H,16,19). The number of halogens is 1. The van der Waals surface area contributed by atoms with E-state index in [0.29, 0.717) is 23.7 Å². The van der Waals surface area contributed by atoms with Crippen molar-refractivity contribution in [2.75, 3.05) is 11.9 Å². The average molecular weight is 281 g/mol. The summed E-state index contributed by atoms with van der Waals surface area (Å²) in [6.45, 7) is 2.26. The summed E-state index contributed by atoms with van der Waals surface area (Å²) in [5, 5.41) is 3.40. The molecule has 0 aliphatic carbocycles. The van der Waals surface area contributed by atoms with E-state index in [0.717, 1.165) is 12.8 Å². The maximum Gasteiger partial charge on any atom is 0.322 e. The van der Waals surface area contributed by atoms with Crippen LogP contribution in [0.5, 0.6) is 0 Å². The minimum absolute atomic E-state index is 0.0247. The molecular formula is C14H17ClN2O2. The van der Waals surface area contributed by atoms with Crippen molar-refractivity contribution in [3.8, 4) is 0 Å². The van der Waals surface area contributed by atoms with E-state index in [4.69, 9.17) is 11.6 Å². The molecule has 2 rings (SSSR count). The van der Waals surface area contributed by atoms with E-state index in [9.17, 15) is 9.59 Å². The molecule has 19 heavy (non-hydrogen) atoms. The Bertz CT molecular complexity index is 490. The fourth-order valence-corrected chi connectivity index (χ4v) is 2.60. The van der Waals surface area contributed by atoms with Gasteiger partial charge in [-0.1, -0.05) is 17.7 Å². The van der Waals surface area contributed by atoms with Crippen LogP contribution in [-0.4, -0.2) is 29.3 Å². The third-order valence-electron chi connectivity index (χ3n) is 3.24. The monoisotopic (exact) mass is 280 g/mol. The van der Waals surface area contributed by atoms with Gasteiger partial charge in [0, 0.05) is 29.7 Å². The molecule has 1 saturated heterocycles. The number of amides is 2. The molecule has 1 aromatic rings. The zero-order valence-electron chi connectivity index (χ0n) is 10.9.